The van der Waals surface area contributed by atoms with E-state index in [4.69, 9.17) is 20.9 Å². The van der Waals surface area contributed by atoms with Crippen molar-refractivity contribution in [3.8, 4) is 17.1 Å². The number of hydrogen-bond acceptors (Lipinski definition) is 5. The number of rotatable bonds is 6. The quantitative estimate of drug-likeness (QED) is 0.739. The SMILES string of the molecule is COc1cccc(-c2noc(NCCc3ccc(Cl)cc3)n2)c1. The Kier molecular flexibility index (Phi) is 4.78. The standard InChI is InChI=1S/C17H16ClN3O2/c1-22-15-4-2-3-13(11-15)16-20-17(23-21-16)19-10-9-12-5-7-14(18)8-6-12/h2-8,11H,9-10H2,1H3,(H,19,20,21). The molecule has 0 spiro atoms. The number of aromatic nitrogens is 2. The average Bonchev–Trinajstić information content (AvgIpc) is 3.06. The maximum absolute atomic E-state index is 5.87. The molecule has 1 N–H and O–H groups in total. The van der Waals surface area contributed by atoms with Gasteiger partial charge in [0.15, 0.2) is 0 Å². The first-order valence-corrected chi connectivity index (χ1v) is 7.59. The molecule has 0 amide bonds. The minimum Gasteiger partial charge on any atom is -0.497 e. The van der Waals surface area contributed by atoms with Crippen molar-refractivity contribution in [2.24, 2.45) is 0 Å². The first kappa shape index (κ1) is 15.4. The largest absolute Gasteiger partial charge is 0.497 e. The number of nitrogens with zero attached hydrogens (tertiary/aromatic N) is 2. The van der Waals surface area contributed by atoms with E-state index in [1.54, 1.807) is 7.11 Å². The first-order chi connectivity index (χ1) is 11.2. The molecule has 0 fully saturated rings. The lowest BCUT2D eigenvalue weighted by atomic mass is 10.1. The van der Waals surface area contributed by atoms with Gasteiger partial charge in [0.1, 0.15) is 5.75 Å². The zero-order chi connectivity index (χ0) is 16.1. The molecule has 1 aromatic heterocycles. The normalized spacial score (nSPS) is 10.5. The van der Waals surface area contributed by atoms with Gasteiger partial charge in [-0.3, -0.25) is 0 Å². The highest BCUT2D eigenvalue weighted by Crippen LogP contribution is 2.22. The highest BCUT2D eigenvalue weighted by Gasteiger charge is 2.08. The minimum absolute atomic E-state index is 0.400. The second-order valence-electron chi connectivity index (χ2n) is 4.96. The first-order valence-electron chi connectivity index (χ1n) is 7.21. The maximum Gasteiger partial charge on any atom is 0.321 e. The molecule has 0 radical (unpaired) electrons. The number of ether oxygens (including phenoxy) is 1. The highest BCUT2D eigenvalue weighted by molar-refractivity contribution is 6.30. The van der Waals surface area contributed by atoms with Crippen molar-refractivity contribution in [1.82, 2.24) is 10.1 Å². The van der Waals surface area contributed by atoms with Crippen LogP contribution in [0.4, 0.5) is 6.01 Å². The zero-order valence-electron chi connectivity index (χ0n) is 12.6. The monoisotopic (exact) mass is 329 g/mol. The number of benzene rings is 2. The summed E-state index contributed by atoms with van der Waals surface area (Å²) in [6.45, 7) is 0.696. The predicted octanol–water partition coefficient (Wildman–Crippen LogP) is 4.05. The predicted molar refractivity (Wildman–Crippen MR) is 89.9 cm³/mol. The summed E-state index contributed by atoms with van der Waals surface area (Å²) in [5.74, 6) is 1.28. The lowest BCUT2D eigenvalue weighted by Crippen LogP contribution is -2.04. The third-order valence-corrected chi connectivity index (χ3v) is 3.61. The third kappa shape index (κ3) is 4.02. The Labute approximate surface area is 139 Å². The van der Waals surface area contributed by atoms with Crippen LogP contribution in [0.5, 0.6) is 5.75 Å². The Bertz CT molecular complexity index is 772. The molecule has 0 unspecified atom stereocenters. The number of halogens is 1. The van der Waals surface area contributed by atoms with Crippen LogP contribution in [0.3, 0.4) is 0 Å². The van der Waals surface area contributed by atoms with E-state index in [-0.39, 0.29) is 0 Å². The van der Waals surface area contributed by atoms with Crippen LogP contribution in [0.25, 0.3) is 11.4 Å². The molecule has 0 atom stereocenters. The molecule has 118 valence electrons. The van der Waals surface area contributed by atoms with E-state index in [0.717, 1.165) is 22.8 Å². The summed E-state index contributed by atoms with van der Waals surface area (Å²) in [5, 5.41) is 7.84. The van der Waals surface area contributed by atoms with Crippen molar-refractivity contribution in [3.63, 3.8) is 0 Å². The fourth-order valence-corrected chi connectivity index (χ4v) is 2.27. The zero-order valence-corrected chi connectivity index (χ0v) is 13.4. The molecule has 0 aliphatic heterocycles. The number of anilines is 1. The molecule has 0 aliphatic rings. The van der Waals surface area contributed by atoms with Crippen LogP contribution in [-0.4, -0.2) is 23.8 Å². The molecular weight excluding hydrogens is 314 g/mol. The molecule has 5 nitrogen and oxygen atoms in total. The van der Waals surface area contributed by atoms with E-state index in [1.165, 1.54) is 5.56 Å². The summed E-state index contributed by atoms with van der Waals surface area (Å²) in [6, 6.07) is 15.7. The topological polar surface area (TPSA) is 60.2 Å². The van der Waals surface area contributed by atoms with E-state index in [1.807, 2.05) is 48.5 Å². The summed E-state index contributed by atoms with van der Waals surface area (Å²) >= 11 is 5.87. The van der Waals surface area contributed by atoms with Gasteiger partial charge in [0.05, 0.1) is 7.11 Å². The van der Waals surface area contributed by atoms with Gasteiger partial charge < -0.3 is 14.6 Å². The van der Waals surface area contributed by atoms with Crippen LogP contribution in [0.15, 0.2) is 53.1 Å². The Morgan fingerprint density at radius 3 is 2.78 bits per heavy atom. The Morgan fingerprint density at radius 2 is 2.00 bits per heavy atom. The van der Waals surface area contributed by atoms with Gasteiger partial charge >= 0.3 is 6.01 Å². The summed E-state index contributed by atoms with van der Waals surface area (Å²) in [4.78, 5) is 4.34. The van der Waals surface area contributed by atoms with Crippen molar-refractivity contribution < 1.29 is 9.26 Å². The van der Waals surface area contributed by atoms with Crippen LogP contribution >= 0.6 is 11.6 Å². The van der Waals surface area contributed by atoms with Crippen LogP contribution in [-0.2, 0) is 6.42 Å². The number of nitrogens with one attached hydrogen (secondary N) is 1. The summed E-state index contributed by atoms with van der Waals surface area (Å²) in [6.07, 6.45) is 0.841. The fourth-order valence-electron chi connectivity index (χ4n) is 2.14. The molecular formula is C17H16ClN3O2. The minimum atomic E-state index is 0.400. The number of methoxy groups -OCH3 is 1. The fraction of sp³-hybridized carbons (Fsp3) is 0.176. The van der Waals surface area contributed by atoms with E-state index in [2.05, 4.69) is 15.5 Å². The second-order valence-corrected chi connectivity index (χ2v) is 5.39. The smallest absolute Gasteiger partial charge is 0.321 e. The third-order valence-electron chi connectivity index (χ3n) is 3.36. The van der Waals surface area contributed by atoms with Crippen molar-refractivity contribution >= 4 is 17.6 Å². The molecule has 3 rings (SSSR count). The van der Waals surface area contributed by atoms with Crippen molar-refractivity contribution in [2.45, 2.75) is 6.42 Å². The van der Waals surface area contributed by atoms with Crippen molar-refractivity contribution in [3.05, 3.63) is 59.1 Å². The average molecular weight is 330 g/mol. The molecule has 0 aliphatic carbocycles. The van der Waals surface area contributed by atoms with Crippen LogP contribution in [0.1, 0.15) is 5.56 Å². The van der Waals surface area contributed by atoms with Gasteiger partial charge in [0.2, 0.25) is 5.82 Å². The molecule has 0 saturated carbocycles. The summed E-state index contributed by atoms with van der Waals surface area (Å²) in [7, 11) is 1.62. The van der Waals surface area contributed by atoms with Gasteiger partial charge in [-0.25, -0.2) is 0 Å². The number of hydrogen-bond donors (Lipinski definition) is 1. The van der Waals surface area contributed by atoms with E-state index < -0.39 is 0 Å². The van der Waals surface area contributed by atoms with Crippen molar-refractivity contribution in [1.29, 1.82) is 0 Å². The molecule has 0 bridgehead atoms. The van der Waals surface area contributed by atoms with Gasteiger partial charge in [0.25, 0.3) is 0 Å². The summed E-state index contributed by atoms with van der Waals surface area (Å²) in [5.41, 5.74) is 2.04. The van der Waals surface area contributed by atoms with Crippen LogP contribution < -0.4 is 10.1 Å². The van der Waals surface area contributed by atoms with Crippen molar-refractivity contribution in [2.75, 3.05) is 19.0 Å². The van der Waals surface area contributed by atoms with Crippen LogP contribution in [0.2, 0.25) is 5.02 Å². The Hall–Kier alpha value is -2.53. The molecule has 23 heavy (non-hydrogen) atoms. The molecule has 6 heteroatoms. The van der Waals surface area contributed by atoms with Gasteiger partial charge in [0, 0.05) is 17.1 Å². The van der Waals surface area contributed by atoms with Gasteiger partial charge in [-0.2, -0.15) is 4.98 Å². The lowest BCUT2D eigenvalue weighted by molar-refractivity contribution is 0.414. The summed E-state index contributed by atoms with van der Waals surface area (Å²) < 4.78 is 10.4. The van der Waals surface area contributed by atoms with E-state index >= 15 is 0 Å². The van der Waals surface area contributed by atoms with Crippen LogP contribution in [0, 0.1) is 0 Å². The van der Waals surface area contributed by atoms with Gasteiger partial charge in [-0.15, -0.1) is 0 Å². The molecule has 1 heterocycles. The molecule has 0 saturated heterocycles. The lowest BCUT2D eigenvalue weighted by Gasteiger charge is -2.02. The molecule has 3 aromatic rings. The Morgan fingerprint density at radius 1 is 1.17 bits per heavy atom. The second kappa shape index (κ2) is 7.15. The maximum atomic E-state index is 5.87. The van der Waals surface area contributed by atoms with E-state index in [0.29, 0.717) is 18.4 Å². The molecule has 2 aromatic carbocycles. The van der Waals surface area contributed by atoms with Gasteiger partial charge in [-0.1, -0.05) is 41.0 Å². The highest BCUT2D eigenvalue weighted by atomic mass is 35.5. The Balaban J connectivity index is 1.59. The van der Waals surface area contributed by atoms with Gasteiger partial charge in [-0.05, 0) is 36.2 Å². The van der Waals surface area contributed by atoms with E-state index in [9.17, 15) is 0 Å².